The number of ether oxygens (including phenoxy) is 3. The van der Waals surface area contributed by atoms with Gasteiger partial charge < -0.3 is 19.5 Å². The Hall–Kier alpha value is -3.13. The molecule has 8 heteroatoms. The smallest absolute Gasteiger partial charge is 0.257 e. The number of aromatic nitrogens is 2. The van der Waals surface area contributed by atoms with E-state index in [1.807, 2.05) is 31.5 Å². The molecule has 1 aliphatic heterocycles. The van der Waals surface area contributed by atoms with Gasteiger partial charge in [0.05, 0.1) is 31.2 Å². The largest absolute Gasteiger partial charge is 0.490 e. The van der Waals surface area contributed by atoms with Crippen molar-refractivity contribution in [3.05, 3.63) is 58.3 Å². The average molecular weight is 482 g/mol. The van der Waals surface area contributed by atoms with Crippen LogP contribution in [-0.4, -0.2) is 35.5 Å². The summed E-state index contributed by atoms with van der Waals surface area (Å²) in [6.07, 6.45) is 0. The van der Waals surface area contributed by atoms with E-state index in [0.717, 1.165) is 34.0 Å². The maximum atomic E-state index is 13.5. The van der Waals surface area contributed by atoms with Gasteiger partial charge in [0.25, 0.3) is 5.91 Å². The summed E-state index contributed by atoms with van der Waals surface area (Å²) in [5, 5.41) is 7.98. The lowest BCUT2D eigenvalue weighted by Gasteiger charge is -2.18. The number of nitrogens with one attached hydrogen (secondary N) is 1. The zero-order valence-corrected chi connectivity index (χ0v) is 21.2. The van der Waals surface area contributed by atoms with Crippen LogP contribution in [0, 0.1) is 13.8 Å². The first-order valence-electron chi connectivity index (χ1n) is 11.6. The van der Waals surface area contributed by atoms with Crippen LogP contribution in [-0.2, 0) is 11.5 Å². The van der Waals surface area contributed by atoms with Gasteiger partial charge in [0.15, 0.2) is 11.5 Å². The highest BCUT2D eigenvalue weighted by Crippen LogP contribution is 2.40. The summed E-state index contributed by atoms with van der Waals surface area (Å²) in [7, 11) is 0. The predicted molar refractivity (Wildman–Crippen MR) is 136 cm³/mol. The summed E-state index contributed by atoms with van der Waals surface area (Å²) < 4.78 is 19.2. The van der Waals surface area contributed by atoms with Crippen molar-refractivity contribution in [1.82, 2.24) is 9.78 Å². The van der Waals surface area contributed by atoms with Crippen molar-refractivity contribution >= 4 is 23.5 Å². The van der Waals surface area contributed by atoms with Crippen LogP contribution in [0.25, 0.3) is 5.69 Å². The van der Waals surface area contributed by atoms with Crippen LogP contribution in [0.2, 0.25) is 0 Å². The number of rotatable bonds is 9. The third-order valence-corrected chi connectivity index (χ3v) is 6.51. The Bertz CT molecular complexity index is 1180. The van der Waals surface area contributed by atoms with Gasteiger partial charge in [0.1, 0.15) is 5.82 Å². The molecule has 180 valence electrons. The third-order valence-electron chi connectivity index (χ3n) is 5.54. The summed E-state index contributed by atoms with van der Waals surface area (Å²) in [6, 6.07) is 9.65. The second-order valence-corrected chi connectivity index (χ2v) is 9.01. The fraction of sp³-hybridized carbons (Fsp3) is 0.385. The van der Waals surface area contributed by atoms with E-state index >= 15 is 0 Å². The fourth-order valence-corrected chi connectivity index (χ4v) is 5.09. The van der Waals surface area contributed by atoms with E-state index in [9.17, 15) is 4.79 Å². The molecule has 7 nitrogen and oxygen atoms in total. The van der Waals surface area contributed by atoms with Gasteiger partial charge in [-0.2, -0.15) is 16.9 Å². The van der Waals surface area contributed by atoms with Gasteiger partial charge in [0.2, 0.25) is 5.75 Å². The fourth-order valence-electron chi connectivity index (χ4n) is 4.06. The molecule has 1 N–H and O–H groups in total. The van der Waals surface area contributed by atoms with Crippen molar-refractivity contribution in [2.45, 2.75) is 46.1 Å². The average Bonchev–Trinajstić information content (AvgIpc) is 3.39. The monoisotopic (exact) mass is 481 g/mol. The van der Waals surface area contributed by atoms with Gasteiger partial charge in [-0.3, -0.25) is 4.79 Å². The highest BCUT2D eigenvalue weighted by atomic mass is 32.2. The molecule has 1 aliphatic rings. The van der Waals surface area contributed by atoms with Crippen molar-refractivity contribution in [1.29, 1.82) is 0 Å². The summed E-state index contributed by atoms with van der Waals surface area (Å²) in [5.41, 5.74) is 5.75. The molecule has 0 atom stereocenters. The van der Waals surface area contributed by atoms with E-state index in [1.54, 1.807) is 23.9 Å². The third kappa shape index (κ3) is 4.73. The van der Waals surface area contributed by atoms with Crippen LogP contribution >= 0.6 is 11.8 Å². The zero-order chi connectivity index (χ0) is 24.2. The number of anilines is 1. The second kappa shape index (κ2) is 10.4. The Morgan fingerprint density at radius 3 is 2.29 bits per heavy atom. The minimum atomic E-state index is -0.254. The van der Waals surface area contributed by atoms with E-state index in [4.69, 9.17) is 19.3 Å². The Balaban J connectivity index is 1.75. The summed E-state index contributed by atoms with van der Waals surface area (Å²) in [4.78, 5) is 13.5. The van der Waals surface area contributed by atoms with Crippen LogP contribution in [0.1, 0.15) is 53.5 Å². The number of nitrogens with zero attached hydrogens (tertiary/aromatic N) is 2. The molecule has 0 radical (unpaired) electrons. The minimum absolute atomic E-state index is 0.254. The molecule has 0 saturated carbocycles. The van der Waals surface area contributed by atoms with Crippen LogP contribution in [0.3, 0.4) is 0 Å². The molecule has 2 aromatic carbocycles. The molecule has 2 heterocycles. The Morgan fingerprint density at radius 2 is 1.68 bits per heavy atom. The van der Waals surface area contributed by atoms with Crippen LogP contribution < -0.4 is 19.5 Å². The molecule has 0 bridgehead atoms. The van der Waals surface area contributed by atoms with Crippen molar-refractivity contribution in [3.8, 4) is 22.9 Å². The first-order valence-corrected chi connectivity index (χ1v) is 12.8. The Morgan fingerprint density at radius 1 is 1.00 bits per heavy atom. The van der Waals surface area contributed by atoms with E-state index < -0.39 is 0 Å². The topological polar surface area (TPSA) is 74.6 Å². The number of amides is 1. The van der Waals surface area contributed by atoms with Gasteiger partial charge >= 0.3 is 0 Å². The maximum absolute atomic E-state index is 13.5. The van der Waals surface area contributed by atoms with E-state index in [1.165, 1.54) is 5.56 Å². The predicted octanol–water partition coefficient (Wildman–Crippen LogP) is 5.68. The molecule has 0 unspecified atom stereocenters. The normalized spacial score (nSPS) is 12.4. The SMILES string of the molecule is CCOc1cc(C(=O)Nc2c3c(nn2-c2ccc(C)cc2C)CSC3)cc(OCC)c1OCC. The molecule has 0 spiro atoms. The lowest BCUT2D eigenvalue weighted by atomic mass is 10.1. The Kier molecular flexibility index (Phi) is 7.36. The lowest BCUT2D eigenvalue weighted by Crippen LogP contribution is -2.17. The number of hydrogen-bond acceptors (Lipinski definition) is 6. The number of carbonyl (C=O) groups is 1. The molecule has 0 saturated heterocycles. The Labute approximate surface area is 204 Å². The molecule has 0 aliphatic carbocycles. The number of aryl methyl sites for hydroxylation is 2. The van der Waals surface area contributed by atoms with Gasteiger partial charge in [-0.15, -0.1) is 0 Å². The zero-order valence-electron chi connectivity index (χ0n) is 20.4. The van der Waals surface area contributed by atoms with Crippen LogP contribution in [0.4, 0.5) is 5.82 Å². The van der Waals surface area contributed by atoms with Gasteiger partial charge in [0, 0.05) is 22.6 Å². The molecule has 34 heavy (non-hydrogen) atoms. The first kappa shape index (κ1) is 24.0. The summed E-state index contributed by atoms with van der Waals surface area (Å²) >= 11 is 1.80. The van der Waals surface area contributed by atoms with E-state index in [0.29, 0.717) is 48.5 Å². The number of benzene rings is 2. The van der Waals surface area contributed by atoms with Crippen LogP contribution in [0.5, 0.6) is 17.2 Å². The molecule has 3 aromatic rings. The molecule has 0 fully saturated rings. The second-order valence-electron chi connectivity index (χ2n) is 8.02. The lowest BCUT2D eigenvalue weighted by molar-refractivity contribution is 0.102. The van der Waals surface area contributed by atoms with E-state index in [-0.39, 0.29) is 5.91 Å². The minimum Gasteiger partial charge on any atom is -0.490 e. The standard InChI is InChI=1S/C26H31N3O4S/c1-6-31-22-12-18(13-23(32-7-2)24(22)33-8-3)26(30)27-25-19-14-34-15-20(19)28-29(25)21-10-9-16(4)11-17(21)5/h9-13H,6-8,14-15H2,1-5H3,(H,27,30). The molecule has 1 amide bonds. The summed E-state index contributed by atoms with van der Waals surface area (Å²) in [5.74, 6) is 3.60. The van der Waals surface area contributed by atoms with E-state index in [2.05, 4.69) is 31.3 Å². The van der Waals surface area contributed by atoms with Crippen molar-refractivity contribution in [2.24, 2.45) is 0 Å². The molecular weight excluding hydrogens is 450 g/mol. The molecule has 4 rings (SSSR count). The number of carbonyl (C=O) groups excluding carboxylic acids is 1. The van der Waals surface area contributed by atoms with Crippen LogP contribution in [0.15, 0.2) is 30.3 Å². The quantitative estimate of drug-likeness (QED) is 0.424. The number of fused-ring (bicyclic) bond motifs is 1. The number of hydrogen-bond donors (Lipinski definition) is 1. The maximum Gasteiger partial charge on any atom is 0.257 e. The van der Waals surface area contributed by atoms with Crippen molar-refractivity contribution < 1.29 is 19.0 Å². The van der Waals surface area contributed by atoms with Gasteiger partial charge in [-0.1, -0.05) is 17.7 Å². The van der Waals surface area contributed by atoms with Crippen molar-refractivity contribution in [3.63, 3.8) is 0 Å². The summed E-state index contributed by atoms with van der Waals surface area (Å²) in [6.45, 7) is 11.2. The first-order chi connectivity index (χ1) is 16.5. The van der Waals surface area contributed by atoms with Gasteiger partial charge in [-0.25, -0.2) is 4.68 Å². The van der Waals surface area contributed by atoms with Crippen molar-refractivity contribution in [2.75, 3.05) is 25.1 Å². The van der Waals surface area contributed by atoms with Gasteiger partial charge in [-0.05, 0) is 58.4 Å². The molecular formula is C26H31N3O4S. The number of thioether (sulfide) groups is 1. The molecule has 1 aromatic heterocycles. The highest BCUT2D eigenvalue weighted by molar-refractivity contribution is 7.98. The highest BCUT2D eigenvalue weighted by Gasteiger charge is 2.26.